The molecule has 6 nitrogen and oxygen atoms in total. The normalized spacial score (nSPS) is 10.5. The summed E-state index contributed by atoms with van der Waals surface area (Å²) in [7, 11) is 1.53. The third-order valence-corrected chi connectivity index (χ3v) is 4.24. The van der Waals surface area contributed by atoms with Gasteiger partial charge in [0, 0.05) is 18.2 Å². The van der Waals surface area contributed by atoms with Gasteiger partial charge < -0.3 is 20.1 Å². The van der Waals surface area contributed by atoms with Crippen molar-refractivity contribution in [3.8, 4) is 11.5 Å². The minimum absolute atomic E-state index is 0.211. The van der Waals surface area contributed by atoms with E-state index in [0.29, 0.717) is 46.0 Å². The van der Waals surface area contributed by atoms with E-state index in [9.17, 15) is 9.59 Å². The zero-order chi connectivity index (χ0) is 20.7. The Balaban J connectivity index is 2.15. The van der Waals surface area contributed by atoms with Crippen LogP contribution in [0.5, 0.6) is 11.5 Å². The van der Waals surface area contributed by atoms with E-state index in [0.717, 1.165) is 6.42 Å². The lowest BCUT2D eigenvalue weighted by molar-refractivity contribution is -0.114. The second kappa shape index (κ2) is 9.99. The predicted octanol–water partition coefficient (Wildman–Crippen LogP) is 4.98. The zero-order valence-electron chi connectivity index (χ0n) is 16.5. The summed E-state index contributed by atoms with van der Waals surface area (Å²) in [6, 6.07) is 9.85. The lowest BCUT2D eigenvalue weighted by Gasteiger charge is -2.14. The van der Waals surface area contributed by atoms with Crippen LogP contribution < -0.4 is 20.1 Å². The van der Waals surface area contributed by atoms with E-state index >= 15 is 0 Å². The van der Waals surface area contributed by atoms with Crippen molar-refractivity contribution < 1.29 is 19.1 Å². The number of amides is 2. The van der Waals surface area contributed by atoms with Crippen molar-refractivity contribution >= 4 is 34.8 Å². The van der Waals surface area contributed by atoms with Crippen LogP contribution in [0.15, 0.2) is 36.4 Å². The molecule has 0 heterocycles. The summed E-state index contributed by atoms with van der Waals surface area (Å²) in [6.45, 7) is 6.23. The standard InChI is InChI=1S/C21H25ClN2O4/c1-13(2)9-10-28-19-8-5-15(11-20(19)27-4)21(26)24-18-12-16(23-14(3)25)6-7-17(18)22/h5-8,11-13H,9-10H2,1-4H3,(H,23,25)(H,24,26). The first-order chi connectivity index (χ1) is 13.3. The Morgan fingerprint density at radius 1 is 1.07 bits per heavy atom. The van der Waals surface area contributed by atoms with Gasteiger partial charge in [-0.15, -0.1) is 0 Å². The number of rotatable bonds is 8. The molecule has 2 rings (SSSR count). The van der Waals surface area contributed by atoms with Crippen molar-refractivity contribution in [2.24, 2.45) is 5.92 Å². The molecule has 0 saturated carbocycles. The second-order valence-electron chi connectivity index (χ2n) is 6.73. The van der Waals surface area contributed by atoms with Crippen molar-refractivity contribution in [1.82, 2.24) is 0 Å². The third-order valence-electron chi connectivity index (χ3n) is 3.91. The minimum Gasteiger partial charge on any atom is -0.493 e. The van der Waals surface area contributed by atoms with Crippen molar-refractivity contribution in [3.05, 3.63) is 47.0 Å². The number of nitrogens with one attached hydrogen (secondary N) is 2. The first-order valence-corrected chi connectivity index (χ1v) is 9.37. The van der Waals surface area contributed by atoms with Gasteiger partial charge in [-0.1, -0.05) is 25.4 Å². The first kappa shape index (κ1) is 21.6. The van der Waals surface area contributed by atoms with Crippen molar-refractivity contribution in [1.29, 1.82) is 0 Å². The Bertz CT molecular complexity index is 852. The molecule has 28 heavy (non-hydrogen) atoms. The molecule has 0 aliphatic carbocycles. The van der Waals surface area contributed by atoms with E-state index < -0.39 is 0 Å². The number of methoxy groups -OCH3 is 1. The Morgan fingerprint density at radius 3 is 2.46 bits per heavy atom. The van der Waals surface area contributed by atoms with Gasteiger partial charge in [-0.25, -0.2) is 0 Å². The molecule has 0 unspecified atom stereocenters. The third kappa shape index (κ3) is 6.16. The van der Waals surface area contributed by atoms with E-state index in [2.05, 4.69) is 24.5 Å². The number of halogens is 1. The number of anilines is 2. The van der Waals surface area contributed by atoms with Crippen molar-refractivity contribution in [2.45, 2.75) is 27.2 Å². The molecule has 0 aliphatic rings. The summed E-state index contributed by atoms with van der Waals surface area (Å²) in [6.07, 6.45) is 0.925. The highest BCUT2D eigenvalue weighted by Crippen LogP contribution is 2.30. The van der Waals surface area contributed by atoms with Gasteiger partial charge in [0.25, 0.3) is 5.91 Å². The molecular weight excluding hydrogens is 380 g/mol. The number of hydrogen-bond donors (Lipinski definition) is 2. The summed E-state index contributed by atoms with van der Waals surface area (Å²) in [5.74, 6) is 1.04. The van der Waals surface area contributed by atoms with Gasteiger partial charge in [-0.2, -0.15) is 0 Å². The van der Waals surface area contributed by atoms with E-state index in [4.69, 9.17) is 21.1 Å². The van der Waals surface area contributed by atoms with Gasteiger partial charge in [0.1, 0.15) is 0 Å². The summed E-state index contributed by atoms with van der Waals surface area (Å²) in [5.41, 5.74) is 1.34. The van der Waals surface area contributed by atoms with Gasteiger partial charge in [-0.3, -0.25) is 9.59 Å². The second-order valence-corrected chi connectivity index (χ2v) is 7.13. The smallest absolute Gasteiger partial charge is 0.255 e. The van der Waals surface area contributed by atoms with Gasteiger partial charge in [0.2, 0.25) is 5.91 Å². The van der Waals surface area contributed by atoms with E-state index in [-0.39, 0.29) is 11.8 Å². The molecule has 2 N–H and O–H groups in total. The summed E-state index contributed by atoms with van der Waals surface area (Å²) < 4.78 is 11.1. The average Bonchev–Trinajstić information content (AvgIpc) is 2.63. The van der Waals surface area contributed by atoms with Gasteiger partial charge >= 0.3 is 0 Å². The summed E-state index contributed by atoms with van der Waals surface area (Å²) in [4.78, 5) is 23.8. The van der Waals surface area contributed by atoms with Gasteiger partial charge in [-0.05, 0) is 48.7 Å². The Kier molecular flexibility index (Phi) is 7.70. The maximum absolute atomic E-state index is 12.6. The molecule has 2 aromatic rings. The molecule has 0 aliphatic heterocycles. The van der Waals surface area contributed by atoms with Crippen LogP contribution in [0.25, 0.3) is 0 Å². The molecule has 150 valence electrons. The summed E-state index contributed by atoms with van der Waals surface area (Å²) >= 11 is 6.16. The van der Waals surface area contributed by atoms with Crippen LogP contribution in [0.3, 0.4) is 0 Å². The van der Waals surface area contributed by atoms with Gasteiger partial charge in [0.05, 0.1) is 24.4 Å². The molecule has 0 bridgehead atoms. The molecule has 0 saturated heterocycles. The maximum atomic E-state index is 12.6. The highest BCUT2D eigenvalue weighted by molar-refractivity contribution is 6.34. The van der Waals surface area contributed by atoms with Crippen LogP contribution >= 0.6 is 11.6 Å². The lowest BCUT2D eigenvalue weighted by atomic mass is 10.1. The van der Waals surface area contributed by atoms with Crippen LogP contribution in [0.1, 0.15) is 37.6 Å². The fourth-order valence-electron chi connectivity index (χ4n) is 2.43. The average molecular weight is 405 g/mol. The molecule has 2 aromatic carbocycles. The van der Waals surface area contributed by atoms with Crippen molar-refractivity contribution in [3.63, 3.8) is 0 Å². The SMILES string of the molecule is COc1cc(C(=O)Nc2cc(NC(C)=O)ccc2Cl)ccc1OCCC(C)C. The fourth-order valence-corrected chi connectivity index (χ4v) is 2.59. The van der Waals surface area contributed by atoms with Gasteiger partial charge in [0.15, 0.2) is 11.5 Å². The minimum atomic E-state index is -0.353. The van der Waals surface area contributed by atoms with Crippen LogP contribution in [-0.2, 0) is 4.79 Å². The monoisotopic (exact) mass is 404 g/mol. The molecule has 7 heteroatoms. The molecule has 0 aromatic heterocycles. The van der Waals surface area contributed by atoms with Crippen LogP contribution in [0.4, 0.5) is 11.4 Å². The topological polar surface area (TPSA) is 76.7 Å². The number of benzene rings is 2. The van der Waals surface area contributed by atoms with E-state index in [1.807, 2.05) is 0 Å². The highest BCUT2D eigenvalue weighted by atomic mass is 35.5. The van der Waals surface area contributed by atoms with E-state index in [1.165, 1.54) is 14.0 Å². The van der Waals surface area contributed by atoms with E-state index in [1.54, 1.807) is 36.4 Å². The van der Waals surface area contributed by atoms with Crippen LogP contribution in [0.2, 0.25) is 5.02 Å². The van der Waals surface area contributed by atoms with Crippen LogP contribution in [-0.4, -0.2) is 25.5 Å². The largest absolute Gasteiger partial charge is 0.493 e. The molecular formula is C21H25ClN2O4. The van der Waals surface area contributed by atoms with Crippen LogP contribution in [0, 0.1) is 5.92 Å². The molecule has 0 radical (unpaired) electrons. The molecule has 0 atom stereocenters. The molecule has 0 spiro atoms. The Labute approximate surface area is 170 Å². The number of carbonyl (C=O) groups excluding carboxylic acids is 2. The number of hydrogen-bond acceptors (Lipinski definition) is 4. The quantitative estimate of drug-likeness (QED) is 0.650. The van der Waals surface area contributed by atoms with Crippen molar-refractivity contribution in [2.75, 3.05) is 24.4 Å². The Morgan fingerprint density at radius 2 is 1.82 bits per heavy atom. The molecule has 0 fully saturated rings. The highest BCUT2D eigenvalue weighted by Gasteiger charge is 2.13. The lowest BCUT2D eigenvalue weighted by Crippen LogP contribution is -2.13. The first-order valence-electron chi connectivity index (χ1n) is 8.99. The summed E-state index contributed by atoms with van der Waals surface area (Å²) in [5, 5.41) is 5.77. The maximum Gasteiger partial charge on any atom is 0.255 e. The molecule has 2 amide bonds. The Hall–Kier alpha value is -2.73. The predicted molar refractivity (Wildman–Crippen MR) is 112 cm³/mol. The zero-order valence-corrected chi connectivity index (χ0v) is 17.2. The number of ether oxygens (including phenoxy) is 2. The fraction of sp³-hybridized carbons (Fsp3) is 0.333. The number of carbonyl (C=O) groups is 2.